The maximum Gasteiger partial charge on any atom is 0.246 e. The minimum absolute atomic E-state index is 0.0187. The summed E-state index contributed by atoms with van der Waals surface area (Å²) in [4.78, 5) is 13.8. The molecule has 2 rings (SSSR count). The predicted molar refractivity (Wildman–Crippen MR) is 75.9 cm³/mol. The highest BCUT2D eigenvalue weighted by Gasteiger charge is 2.39. The number of hydrogen-bond donors (Lipinski definition) is 0. The fourth-order valence-corrected chi connectivity index (χ4v) is 2.55. The van der Waals surface area contributed by atoms with Crippen LogP contribution in [-0.2, 0) is 22.3 Å². The van der Waals surface area contributed by atoms with Crippen LogP contribution >= 0.6 is 0 Å². The van der Waals surface area contributed by atoms with Crippen LogP contribution in [0.3, 0.4) is 0 Å². The minimum atomic E-state index is -0.347. The molecule has 0 saturated carbocycles. The Morgan fingerprint density at radius 3 is 2.58 bits per heavy atom. The lowest BCUT2D eigenvalue weighted by Crippen LogP contribution is -2.51. The molecule has 1 aliphatic heterocycles. The van der Waals surface area contributed by atoms with Gasteiger partial charge >= 0.3 is 0 Å². The van der Waals surface area contributed by atoms with E-state index in [0.29, 0.717) is 6.54 Å². The zero-order valence-electron chi connectivity index (χ0n) is 12.5. The van der Waals surface area contributed by atoms with Crippen molar-refractivity contribution in [2.24, 2.45) is 0 Å². The molecular formula is C15H23N3O. The first-order valence-corrected chi connectivity index (χ1v) is 6.71. The van der Waals surface area contributed by atoms with Gasteiger partial charge in [0, 0.05) is 12.0 Å². The van der Waals surface area contributed by atoms with Crippen LogP contribution in [0.15, 0.2) is 18.7 Å². The van der Waals surface area contributed by atoms with Crippen LogP contribution in [0.25, 0.3) is 0 Å². The zero-order valence-corrected chi connectivity index (χ0v) is 12.5. The summed E-state index contributed by atoms with van der Waals surface area (Å²) >= 11 is 0. The third-order valence-electron chi connectivity index (χ3n) is 3.83. The molecule has 4 heteroatoms. The number of carbonyl (C=O) groups is 1. The van der Waals surface area contributed by atoms with Gasteiger partial charge in [-0.15, -0.1) is 0 Å². The molecule has 104 valence electrons. The van der Waals surface area contributed by atoms with Gasteiger partial charge in [0.1, 0.15) is 0 Å². The average molecular weight is 261 g/mol. The van der Waals surface area contributed by atoms with E-state index < -0.39 is 0 Å². The lowest BCUT2D eigenvalue weighted by atomic mass is 9.89. The van der Waals surface area contributed by atoms with Gasteiger partial charge in [-0.1, -0.05) is 27.4 Å². The molecule has 0 bridgehead atoms. The molecular weight excluding hydrogens is 238 g/mol. The Bertz CT molecular complexity index is 520. The van der Waals surface area contributed by atoms with Gasteiger partial charge in [-0.3, -0.25) is 9.48 Å². The summed E-state index contributed by atoms with van der Waals surface area (Å²) in [7, 11) is 0. The number of amides is 1. The van der Waals surface area contributed by atoms with E-state index in [1.807, 2.05) is 9.58 Å². The first-order valence-electron chi connectivity index (χ1n) is 6.71. The Balaban J connectivity index is 2.47. The summed E-state index contributed by atoms with van der Waals surface area (Å²) < 4.78 is 2.04. The second-order valence-corrected chi connectivity index (χ2v) is 6.64. The maximum absolute atomic E-state index is 12.0. The van der Waals surface area contributed by atoms with Crippen molar-refractivity contribution in [3.63, 3.8) is 0 Å². The number of rotatable bonds is 1. The Morgan fingerprint density at radius 1 is 1.42 bits per heavy atom. The van der Waals surface area contributed by atoms with Gasteiger partial charge in [-0.2, -0.15) is 5.10 Å². The zero-order chi connectivity index (χ0) is 14.4. The third-order valence-corrected chi connectivity index (χ3v) is 3.83. The van der Waals surface area contributed by atoms with E-state index in [4.69, 9.17) is 5.10 Å². The molecule has 0 aliphatic carbocycles. The monoisotopic (exact) mass is 261 g/mol. The molecule has 19 heavy (non-hydrogen) atoms. The summed E-state index contributed by atoms with van der Waals surface area (Å²) in [5.74, 6) is -0.0187. The highest BCUT2D eigenvalue weighted by Crippen LogP contribution is 2.34. The Labute approximate surface area is 115 Å². The minimum Gasteiger partial charge on any atom is -0.327 e. The molecule has 1 amide bonds. The van der Waals surface area contributed by atoms with Gasteiger partial charge in [0.15, 0.2) is 0 Å². The molecule has 0 unspecified atom stereocenters. The Hall–Kier alpha value is -1.58. The smallest absolute Gasteiger partial charge is 0.246 e. The SMILES string of the molecule is C=CC(=O)N1CCn2nc(C(C)(C)C)cc2C1(C)C. The number of fused-ring (bicyclic) bond motifs is 1. The van der Waals surface area contributed by atoms with E-state index in [1.54, 1.807) is 0 Å². The summed E-state index contributed by atoms with van der Waals surface area (Å²) in [5, 5.41) is 4.69. The maximum atomic E-state index is 12.0. The molecule has 1 aromatic heterocycles. The highest BCUT2D eigenvalue weighted by atomic mass is 16.2. The van der Waals surface area contributed by atoms with Crippen molar-refractivity contribution < 1.29 is 4.79 Å². The van der Waals surface area contributed by atoms with E-state index in [-0.39, 0.29) is 16.9 Å². The molecule has 1 aromatic rings. The molecule has 0 radical (unpaired) electrons. The quantitative estimate of drug-likeness (QED) is 0.728. The van der Waals surface area contributed by atoms with Gasteiger partial charge in [-0.25, -0.2) is 0 Å². The van der Waals surface area contributed by atoms with Gasteiger partial charge in [0.2, 0.25) is 5.91 Å². The van der Waals surface area contributed by atoms with Crippen molar-refractivity contribution in [1.29, 1.82) is 0 Å². The van der Waals surface area contributed by atoms with Crippen molar-refractivity contribution in [1.82, 2.24) is 14.7 Å². The number of hydrogen-bond acceptors (Lipinski definition) is 2. The Kier molecular flexibility index (Phi) is 3.07. The van der Waals surface area contributed by atoms with Crippen LogP contribution in [0.1, 0.15) is 46.0 Å². The summed E-state index contributed by atoms with van der Waals surface area (Å²) in [5.41, 5.74) is 1.84. The second kappa shape index (κ2) is 4.22. The van der Waals surface area contributed by atoms with Crippen molar-refractivity contribution in [2.45, 2.75) is 52.1 Å². The lowest BCUT2D eigenvalue weighted by Gasteiger charge is -2.42. The van der Waals surface area contributed by atoms with Crippen LogP contribution in [0.4, 0.5) is 0 Å². The van der Waals surface area contributed by atoms with E-state index in [2.05, 4.69) is 47.3 Å². The van der Waals surface area contributed by atoms with E-state index in [9.17, 15) is 4.79 Å². The standard InChI is InChI=1S/C15H23N3O/c1-7-13(19)17-8-9-18-12(15(17,5)6)10-11(16-18)14(2,3)4/h7,10H,1,8-9H2,2-6H3. The van der Waals surface area contributed by atoms with E-state index >= 15 is 0 Å². The van der Waals surface area contributed by atoms with Gasteiger partial charge in [0.25, 0.3) is 0 Å². The molecule has 0 fully saturated rings. The first-order chi connectivity index (χ1) is 8.67. The normalized spacial score (nSPS) is 18.1. The molecule has 4 nitrogen and oxygen atoms in total. The summed E-state index contributed by atoms with van der Waals surface area (Å²) in [6, 6.07) is 2.13. The van der Waals surface area contributed by atoms with E-state index in [1.165, 1.54) is 6.08 Å². The molecule has 0 N–H and O–H groups in total. The van der Waals surface area contributed by atoms with Crippen molar-refractivity contribution >= 4 is 5.91 Å². The van der Waals surface area contributed by atoms with Crippen LogP contribution in [0.5, 0.6) is 0 Å². The van der Waals surface area contributed by atoms with Crippen LogP contribution in [-0.4, -0.2) is 27.1 Å². The molecule has 0 saturated heterocycles. The molecule has 0 atom stereocenters. The fourth-order valence-electron chi connectivity index (χ4n) is 2.55. The van der Waals surface area contributed by atoms with Gasteiger partial charge in [0.05, 0.1) is 23.5 Å². The number of carbonyl (C=O) groups excluding carboxylic acids is 1. The Morgan fingerprint density at radius 2 is 2.05 bits per heavy atom. The molecule has 1 aliphatic rings. The molecule has 0 aromatic carbocycles. The van der Waals surface area contributed by atoms with Crippen LogP contribution in [0.2, 0.25) is 0 Å². The van der Waals surface area contributed by atoms with Crippen LogP contribution in [0, 0.1) is 0 Å². The molecule has 0 spiro atoms. The van der Waals surface area contributed by atoms with Gasteiger partial charge in [-0.05, 0) is 26.0 Å². The fraction of sp³-hybridized carbons (Fsp3) is 0.600. The highest BCUT2D eigenvalue weighted by molar-refractivity contribution is 5.87. The summed E-state index contributed by atoms with van der Waals surface area (Å²) in [6.07, 6.45) is 1.39. The first kappa shape index (κ1) is 13.8. The second-order valence-electron chi connectivity index (χ2n) is 6.64. The average Bonchev–Trinajstić information content (AvgIpc) is 2.73. The van der Waals surface area contributed by atoms with Crippen molar-refractivity contribution in [2.75, 3.05) is 6.54 Å². The third kappa shape index (κ3) is 2.20. The molecule has 2 heterocycles. The predicted octanol–water partition coefficient (Wildman–Crippen LogP) is 2.44. The lowest BCUT2D eigenvalue weighted by molar-refractivity contribution is -0.133. The summed E-state index contributed by atoms with van der Waals surface area (Å²) in [6.45, 7) is 15.6. The largest absolute Gasteiger partial charge is 0.327 e. The van der Waals surface area contributed by atoms with Crippen molar-refractivity contribution in [3.05, 3.63) is 30.1 Å². The van der Waals surface area contributed by atoms with Gasteiger partial charge < -0.3 is 4.90 Å². The topological polar surface area (TPSA) is 38.1 Å². The number of aromatic nitrogens is 2. The number of nitrogens with zero attached hydrogens (tertiary/aromatic N) is 3. The van der Waals surface area contributed by atoms with Crippen molar-refractivity contribution in [3.8, 4) is 0 Å². The van der Waals surface area contributed by atoms with E-state index in [0.717, 1.165) is 17.9 Å². The van der Waals surface area contributed by atoms with Crippen LogP contribution < -0.4 is 0 Å².